The van der Waals surface area contributed by atoms with E-state index in [0.717, 1.165) is 4.47 Å². The van der Waals surface area contributed by atoms with Crippen molar-refractivity contribution in [3.63, 3.8) is 0 Å². The Morgan fingerprint density at radius 2 is 2.23 bits per heavy atom. The van der Waals surface area contributed by atoms with Gasteiger partial charge in [0.1, 0.15) is 6.61 Å². The number of nitrogens with two attached hydrogens (primary N) is 1. The summed E-state index contributed by atoms with van der Waals surface area (Å²) in [6.45, 7) is 0.976. The summed E-state index contributed by atoms with van der Waals surface area (Å²) >= 11 is 3.37. The molecule has 0 radical (unpaired) electrons. The molecule has 13 heavy (non-hydrogen) atoms. The van der Waals surface area contributed by atoms with E-state index < -0.39 is 0 Å². The molecule has 0 unspecified atom stereocenters. The molecule has 0 amide bonds. The van der Waals surface area contributed by atoms with Gasteiger partial charge in [-0.15, -0.1) is 0 Å². The highest BCUT2D eigenvalue weighted by atomic mass is 79.9. The number of methoxy groups -OCH3 is 1. The fourth-order valence-corrected chi connectivity index (χ4v) is 1.41. The van der Waals surface area contributed by atoms with Crippen LogP contribution in [0.1, 0.15) is 0 Å². The Kier molecular flexibility index (Phi) is 4.05. The molecule has 3 nitrogen and oxygen atoms in total. The average molecular weight is 246 g/mol. The molecule has 2 N–H and O–H groups in total. The molecule has 0 heterocycles. The fourth-order valence-electron chi connectivity index (χ4n) is 0.951. The standard InChI is InChI=1S/C9H12BrNO2/c1-12-8-4-2-3-7(10)9(8)13-6-5-11/h2-4H,5-6,11H2,1H3. The third-order valence-electron chi connectivity index (χ3n) is 1.52. The first-order valence-corrected chi connectivity index (χ1v) is 4.74. The topological polar surface area (TPSA) is 44.5 Å². The van der Waals surface area contributed by atoms with Crippen LogP contribution in [0.5, 0.6) is 11.5 Å². The summed E-state index contributed by atoms with van der Waals surface area (Å²) in [7, 11) is 1.61. The van der Waals surface area contributed by atoms with Gasteiger partial charge in [-0.25, -0.2) is 0 Å². The molecule has 0 saturated carbocycles. The summed E-state index contributed by atoms with van der Waals surface area (Å²) < 4.78 is 11.4. The van der Waals surface area contributed by atoms with E-state index in [1.807, 2.05) is 18.2 Å². The van der Waals surface area contributed by atoms with Crippen LogP contribution in [0.15, 0.2) is 22.7 Å². The van der Waals surface area contributed by atoms with E-state index in [1.165, 1.54) is 0 Å². The first-order valence-electron chi connectivity index (χ1n) is 3.95. The van der Waals surface area contributed by atoms with E-state index in [9.17, 15) is 0 Å². The van der Waals surface area contributed by atoms with E-state index in [1.54, 1.807) is 7.11 Å². The molecule has 72 valence electrons. The van der Waals surface area contributed by atoms with Gasteiger partial charge in [0.25, 0.3) is 0 Å². The maximum Gasteiger partial charge on any atom is 0.175 e. The van der Waals surface area contributed by atoms with Crippen LogP contribution in [0.2, 0.25) is 0 Å². The highest BCUT2D eigenvalue weighted by Gasteiger charge is 2.07. The van der Waals surface area contributed by atoms with Crippen LogP contribution in [0.4, 0.5) is 0 Å². The van der Waals surface area contributed by atoms with Crippen molar-refractivity contribution in [2.75, 3.05) is 20.3 Å². The number of hydrogen-bond acceptors (Lipinski definition) is 3. The van der Waals surface area contributed by atoms with E-state index >= 15 is 0 Å². The van der Waals surface area contributed by atoms with Crippen molar-refractivity contribution in [3.8, 4) is 11.5 Å². The van der Waals surface area contributed by atoms with Crippen LogP contribution in [0, 0.1) is 0 Å². The Labute approximate surface area is 86.0 Å². The lowest BCUT2D eigenvalue weighted by Gasteiger charge is -2.10. The second-order valence-corrected chi connectivity index (χ2v) is 3.26. The number of ether oxygens (including phenoxy) is 2. The minimum atomic E-state index is 0.485. The number of rotatable bonds is 4. The Morgan fingerprint density at radius 1 is 1.46 bits per heavy atom. The van der Waals surface area contributed by atoms with Crippen LogP contribution in [0.3, 0.4) is 0 Å². The number of hydrogen-bond donors (Lipinski definition) is 1. The third kappa shape index (κ3) is 2.60. The summed E-state index contributed by atoms with van der Waals surface area (Å²) in [6, 6.07) is 5.63. The molecule has 1 aromatic carbocycles. The van der Waals surface area contributed by atoms with Gasteiger partial charge >= 0.3 is 0 Å². The van der Waals surface area contributed by atoms with Gasteiger partial charge in [0.2, 0.25) is 0 Å². The maximum absolute atomic E-state index is 5.41. The molecule has 1 aromatic rings. The Bertz CT molecular complexity index is 278. The molecule has 1 rings (SSSR count). The summed E-state index contributed by atoms with van der Waals surface area (Å²) in [5, 5.41) is 0. The predicted molar refractivity (Wildman–Crippen MR) is 55.2 cm³/mol. The maximum atomic E-state index is 5.41. The van der Waals surface area contributed by atoms with Crippen LogP contribution < -0.4 is 15.2 Å². The number of benzene rings is 1. The minimum Gasteiger partial charge on any atom is -0.493 e. The van der Waals surface area contributed by atoms with Gasteiger partial charge in [-0.3, -0.25) is 0 Å². The van der Waals surface area contributed by atoms with Crippen molar-refractivity contribution in [2.45, 2.75) is 0 Å². The summed E-state index contributed by atoms with van der Waals surface area (Å²) in [4.78, 5) is 0. The zero-order valence-corrected chi connectivity index (χ0v) is 9.00. The average Bonchev–Trinajstić information content (AvgIpc) is 2.15. The van der Waals surface area contributed by atoms with Crippen LogP contribution in [0.25, 0.3) is 0 Å². The van der Waals surface area contributed by atoms with Gasteiger partial charge in [-0.1, -0.05) is 6.07 Å². The van der Waals surface area contributed by atoms with Gasteiger partial charge in [0, 0.05) is 6.54 Å². The number of para-hydroxylation sites is 1. The third-order valence-corrected chi connectivity index (χ3v) is 2.14. The van der Waals surface area contributed by atoms with Crippen molar-refractivity contribution < 1.29 is 9.47 Å². The first kappa shape index (κ1) is 10.3. The molecule has 0 saturated heterocycles. The molecule has 0 fully saturated rings. The van der Waals surface area contributed by atoms with Crippen molar-refractivity contribution in [2.24, 2.45) is 5.73 Å². The van der Waals surface area contributed by atoms with Gasteiger partial charge in [0.15, 0.2) is 11.5 Å². The van der Waals surface area contributed by atoms with Gasteiger partial charge < -0.3 is 15.2 Å². The van der Waals surface area contributed by atoms with Crippen LogP contribution >= 0.6 is 15.9 Å². The monoisotopic (exact) mass is 245 g/mol. The van der Waals surface area contributed by atoms with E-state index in [-0.39, 0.29) is 0 Å². The summed E-state index contributed by atoms with van der Waals surface area (Å²) in [5.74, 6) is 1.42. The lowest BCUT2D eigenvalue weighted by molar-refractivity contribution is 0.300. The first-order chi connectivity index (χ1) is 6.29. The summed E-state index contributed by atoms with van der Waals surface area (Å²) in [5.41, 5.74) is 5.34. The molecule has 0 aliphatic rings. The largest absolute Gasteiger partial charge is 0.493 e. The quantitative estimate of drug-likeness (QED) is 0.880. The minimum absolute atomic E-state index is 0.485. The zero-order valence-electron chi connectivity index (χ0n) is 7.42. The molecular formula is C9H12BrNO2. The van der Waals surface area contributed by atoms with E-state index in [4.69, 9.17) is 15.2 Å². The molecule has 0 aromatic heterocycles. The lowest BCUT2D eigenvalue weighted by atomic mass is 10.3. The second kappa shape index (κ2) is 5.09. The molecular weight excluding hydrogens is 234 g/mol. The molecule has 4 heteroatoms. The Morgan fingerprint density at radius 3 is 2.85 bits per heavy atom. The number of halogens is 1. The predicted octanol–water partition coefficient (Wildman–Crippen LogP) is 1.80. The zero-order chi connectivity index (χ0) is 9.68. The van der Waals surface area contributed by atoms with E-state index in [0.29, 0.717) is 24.7 Å². The highest BCUT2D eigenvalue weighted by Crippen LogP contribution is 2.34. The van der Waals surface area contributed by atoms with Crippen molar-refractivity contribution in [1.82, 2.24) is 0 Å². The van der Waals surface area contributed by atoms with Crippen molar-refractivity contribution in [3.05, 3.63) is 22.7 Å². The molecule has 0 bridgehead atoms. The van der Waals surface area contributed by atoms with Gasteiger partial charge in [-0.05, 0) is 28.1 Å². The highest BCUT2D eigenvalue weighted by molar-refractivity contribution is 9.10. The molecule has 0 spiro atoms. The smallest absolute Gasteiger partial charge is 0.175 e. The normalized spacial score (nSPS) is 9.77. The molecule has 0 aliphatic heterocycles. The van der Waals surface area contributed by atoms with Gasteiger partial charge in [-0.2, -0.15) is 0 Å². The van der Waals surface area contributed by atoms with Crippen LogP contribution in [-0.2, 0) is 0 Å². The van der Waals surface area contributed by atoms with Gasteiger partial charge in [0.05, 0.1) is 11.6 Å². The Balaban J connectivity index is 2.87. The molecule has 0 aliphatic carbocycles. The Hall–Kier alpha value is -0.740. The van der Waals surface area contributed by atoms with Crippen molar-refractivity contribution in [1.29, 1.82) is 0 Å². The van der Waals surface area contributed by atoms with Crippen molar-refractivity contribution >= 4 is 15.9 Å². The second-order valence-electron chi connectivity index (χ2n) is 2.41. The summed E-state index contributed by atoms with van der Waals surface area (Å²) in [6.07, 6.45) is 0. The SMILES string of the molecule is COc1cccc(Br)c1OCCN. The molecule has 0 atom stereocenters. The van der Waals surface area contributed by atoms with Crippen LogP contribution in [-0.4, -0.2) is 20.3 Å². The fraction of sp³-hybridized carbons (Fsp3) is 0.333. The van der Waals surface area contributed by atoms with E-state index in [2.05, 4.69) is 15.9 Å². The lowest BCUT2D eigenvalue weighted by Crippen LogP contribution is -2.11.